The van der Waals surface area contributed by atoms with Crippen LogP contribution >= 0.6 is 0 Å². The van der Waals surface area contributed by atoms with E-state index >= 15 is 0 Å². The van der Waals surface area contributed by atoms with Crippen LogP contribution in [-0.4, -0.2) is 9.97 Å². The summed E-state index contributed by atoms with van der Waals surface area (Å²) in [6.07, 6.45) is 0. The summed E-state index contributed by atoms with van der Waals surface area (Å²) in [5.41, 5.74) is 12.3. The van der Waals surface area contributed by atoms with Crippen molar-refractivity contribution in [2.45, 2.75) is 27.7 Å². The van der Waals surface area contributed by atoms with Crippen LogP contribution in [0.2, 0.25) is 0 Å². The van der Waals surface area contributed by atoms with E-state index in [0.29, 0.717) is 11.8 Å². The summed E-state index contributed by atoms with van der Waals surface area (Å²) < 4.78 is 13.0. The number of oxazole rings is 2. The van der Waals surface area contributed by atoms with Gasteiger partial charge in [0.2, 0.25) is 11.8 Å². The van der Waals surface area contributed by atoms with E-state index in [4.69, 9.17) is 18.8 Å². The molecule has 0 amide bonds. The van der Waals surface area contributed by atoms with E-state index in [2.05, 4.69) is 131 Å². The number of rotatable bonds is 3. The lowest BCUT2D eigenvalue weighted by Crippen LogP contribution is -1.85. The smallest absolute Gasteiger partial charge is 0.227 e. The lowest BCUT2D eigenvalue weighted by molar-refractivity contribution is 0.622. The normalized spacial score (nSPS) is 11.9. The van der Waals surface area contributed by atoms with Crippen LogP contribution in [0.4, 0.5) is 0 Å². The Kier molecular flexibility index (Phi) is 5.72. The minimum absolute atomic E-state index is 0.642. The Morgan fingerprint density at radius 1 is 0.413 bits per heavy atom. The van der Waals surface area contributed by atoms with E-state index in [9.17, 15) is 0 Å². The Hall–Kier alpha value is -5.74. The number of hydrogen-bond donors (Lipinski definition) is 0. The van der Waals surface area contributed by atoms with E-state index in [0.717, 1.165) is 76.8 Å². The third kappa shape index (κ3) is 4.21. The predicted octanol–water partition coefficient (Wildman–Crippen LogP) is 11.7. The van der Waals surface area contributed by atoms with Crippen LogP contribution in [0, 0.1) is 27.7 Å². The molecule has 2 aromatic heterocycles. The number of benzene rings is 7. The highest BCUT2D eigenvalue weighted by Crippen LogP contribution is 2.40. The molecule has 0 radical (unpaired) electrons. The van der Waals surface area contributed by atoms with Crippen LogP contribution in [0.3, 0.4) is 0 Å². The number of hydrogen-bond acceptors (Lipinski definition) is 4. The fraction of sp³-hybridized carbons (Fsp3) is 0.0952. The number of aryl methyl sites for hydroxylation is 4. The van der Waals surface area contributed by atoms with Gasteiger partial charge in [-0.1, -0.05) is 89.0 Å². The molecule has 0 N–H and O–H groups in total. The molecule has 4 heteroatoms. The Labute approximate surface area is 265 Å². The van der Waals surface area contributed by atoms with Crippen LogP contribution in [-0.2, 0) is 0 Å². The second-order valence-electron chi connectivity index (χ2n) is 12.6. The van der Waals surface area contributed by atoms with Gasteiger partial charge in [-0.05, 0) is 97.4 Å². The van der Waals surface area contributed by atoms with Crippen molar-refractivity contribution in [3.8, 4) is 34.0 Å². The molecule has 46 heavy (non-hydrogen) atoms. The lowest BCUT2D eigenvalue weighted by Gasteiger charge is -2.09. The van der Waals surface area contributed by atoms with Gasteiger partial charge >= 0.3 is 0 Å². The highest BCUT2D eigenvalue weighted by molar-refractivity contribution is 6.23. The molecule has 0 unspecified atom stereocenters. The molecule has 7 aromatic carbocycles. The molecule has 0 aliphatic rings. The van der Waals surface area contributed by atoms with E-state index in [1.165, 1.54) is 22.3 Å². The maximum absolute atomic E-state index is 6.56. The summed E-state index contributed by atoms with van der Waals surface area (Å²) in [6, 6.07) is 38.7. The van der Waals surface area contributed by atoms with Crippen molar-refractivity contribution in [1.29, 1.82) is 0 Å². The van der Waals surface area contributed by atoms with Crippen LogP contribution < -0.4 is 0 Å². The van der Waals surface area contributed by atoms with Gasteiger partial charge in [-0.15, -0.1) is 0 Å². The Bertz CT molecular complexity index is 2650. The van der Waals surface area contributed by atoms with Crippen molar-refractivity contribution in [2.75, 3.05) is 0 Å². The maximum atomic E-state index is 6.56. The third-order valence-electron chi connectivity index (χ3n) is 9.01. The molecule has 0 saturated carbocycles. The van der Waals surface area contributed by atoms with Crippen molar-refractivity contribution in [3.63, 3.8) is 0 Å². The first-order valence-corrected chi connectivity index (χ1v) is 15.6. The average Bonchev–Trinajstić information content (AvgIpc) is 3.70. The van der Waals surface area contributed by atoms with Crippen molar-refractivity contribution >= 4 is 54.5 Å². The quantitative estimate of drug-likeness (QED) is 0.191. The number of nitrogens with zero attached hydrogens (tertiary/aromatic N) is 2. The number of fused-ring (bicyclic) bond motifs is 9. The lowest BCUT2D eigenvalue weighted by atomic mass is 9.95. The van der Waals surface area contributed by atoms with Gasteiger partial charge < -0.3 is 8.83 Å². The zero-order chi connectivity index (χ0) is 31.1. The molecule has 9 rings (SSSR count). The summed E-state index contributed by atoms with van der Waals surface area (Å²) in [6.45, 7) is 8.42. The monoisotopic (exact) mass is 594 g/mol. The van der Waals surface area contributed by atoms with Crippen molar-refractivity contribution in [1.82, 2.24) is 9.97 Å². The van der Waals surface area contributed by atoms with Crippen molar-refractivity contribution < 1.29 is 8.83 Å². The van der Waals surface area contributed by atoms with Crippen molar-refractivity contribution in [3.05, 3.63) is 131 Å². The second kappa shape index (κ2) is 9.88. The van der Waals surface area contributed by atoms with E-state index < -0.39 is 0 Å². The van der Waals surface area contributed by atoms with Gasteiger partial charge in [0.1, 0.15) is 11.0 Å². The van der Waals surface area contributed by atoms with Crippen molar-refractivity contribution in [2.24, 2.45) is 0 Å². The Morgan fingerprint density at radius 3 is 1.65 bits per heavy atom. The molecular weight excluding hydrogens is 564 g/mol. The molecule has 0 bridgehead atoms. The summed E-state index contributed by atoms with van der Waals surface area (Å²) in [4.78, 5) is 10.00. The van der Waals surface area contributed by atoms with Gasteiger partial charge in [0.05, 0.1) is 0 Å². The van der Waals surface area contributed by atoms with E-state index in [1.54, 1.807) is 0 Å². The molecule has 0 fully saturated rings. The van der Waals surface area contributed by atoms with Gasteiger partial charge in [-0.3, -0.25) is 0 Å². The van der Waals surface area contributed by atoms with Gasteiger partial charge in [0, 0.05) is 27.3 Å². The van der Waals surface area contributed by atoms with Gasteiger partial charge in [-0.25, -0.2) is 9.97 Å². The molecule has 0 spiro atoms. The van der Waals surface area contributed by atoms with Crippen LogP contribution in [0.25, 0.3) is 88.6 Å². The average molecular weight is 595 g/mol. The third-order valence-corrected chi connectivity index (χ3v) is 9.01. The van der Waals surface area contributed by atoms with Gasteiger partial charge in [0.15, 0.2) is 11.2 Å². The first kappa shape index (κ1) is 26.6. The summed E-state index contributed by atoms with van der Waals surface area (Å²) in [5.74, 6) is 1.29. The molecule has 4 nitrogen and oxygen atoms in total. The summed E-state index contributed by atoms with van der Waals surface area (Å²) in [7, 11) is 0. The standard InChI is InChI=1S/C42H30N2O2/c1-23-15-24(2)18-30(17-23)41-43-37-14-12-27-9-10-28(21-35(27)39(37)45-41)29-11-13-33-32-7-5-6-8-34(32)40-38(36(33)22-29)44-42(46-40)31-19-25(3)16-26(4)20-31/h5-22H,1-4H3. The second-order valence-corrected chi connectivity index (χ2v) is 12.6. The molecule has 0 atom stereocenters. The number of aromatic nitrogens is 2. The molecule has 220 valence electrons. The molecule has 0 aliphatic carbocycles. The molecule has 0 aliphatic heterocycles. The summed E-state index contributed by atoms with van der Waals surface area (Å²) >= 11 is 0. The van der Waals surface area contributed by atoms with Crippen LogP contribution in [0.5, 0.6) is 0 Å². The Balaban J connectivity index is 1.24. The van der Waals surface area contributed by atoms with Gasteiger partial charge in [0.25, 0.3) is 0 Å². The molecular formula is C42H30N2O2. The highest BCUT2D eigenvalue weighted by atomic mass is 16.4. The van der Waals surface area contributed by atoms with Gasteiger partial charge in [-0.2, -0.15) is 0 Å². The largest absolute Gasteiger partial charge is 0.435 e. The SMILES string of the molecule is Cc1cc(C)cc(-c2nc3ccc4ccc(-c5ccc6c7ccccc7c7oc(-c8cc(C)cc(C)c8)nc7c6c5)cc4c3o2)c1. The Morgan fingerprint density at radius 2 is 0.957 bits per heavy atom. The fourth-order valence-electron chi connectivity index (χ4n) is 7.08. The maximum Gasteiger partial charge on any atom is 0.227 e. The fourth-order valence-corrected chi connectivity index (χ4v) is 7.08. The minimum Gasteiger partial charge on any atom is -0.435 e. The minimum atomic E-state index is 0.642. The molecule has 0 saturated heterocycles. The zero-order valence-electron chi connectivity index (χ0n) is 26.1. The first-order valence-electron chi connectivity index (χ1n) is 15.6. The van der Waals surface area contributed by atoms with Crippen LogP contribution in [0.1, 0.15) is 22.3 Å². The zero-order valence-corrected chi connectivity index (χ0v) is 26.1. The van der Waals surface area contributed by atoms with E-state index in [-0.39, 0.29) is 0 Å². The highest BCUT2D eigenvalue weighted by Gasteiger charge is 2.18. The van der Waals surface area contributed by atoms with E-state index in [1.807, 2.05) is 6.07 Å². The topological polar surface area (TPSA) is 52.1 Å². The first-order chi connectivity index (χ1) is 22.4. The molecule has 9 aromatic rings. The predicted molar refractivity (Wildman–Crippen MR) is 189 cm³/mol. The summed E-state index contributed by atoms with van der Waals surface area (Å²) in [5, 5.41) is 6.60. The van der Waals surface area contributed by atoms with Crippen LogP contribution in [0.15, 0.2) is 118 Å². The molecule has 2 heterocycles.